The Labute approximate surface area is 142 Å². The predicted molar refractivity (Wildman–Crippen MR) is 94.7 cm³/mol. The molecule has 128 valence electrons. The van der Waals surface area contributed by atoms with Crippen LogP contribution in [-0.4, -0.2) is 35.9 Å². The second-order valence-electron chi connectivity index (χ2n) is 7.20. The minimum Gasteiger partial charge on any atom is -0.462 e. The molecule has 1 aromatic carbocycles. The van der Waals surface area contributed by atoms with Crippen LogP contribution in [0.1, 0.15) is 50.7 Å². The first kappa shape index (κ1) is 17.1. The fourth-order valence-corrected chi connectivity index (χ4v) is 3.00. The van der Waals surface area contributed by atoms with Crippen molar-refractivity contribution in [2.45, 2.75) is 52.7 Å². The SMILES string of the molecule is CCOC(=O)c1c(C)[nH]c2c(B3OC(C)(C)C(C)(C)O3)cccc12. The van der Waals surface area contributed by atoms with Crippen LogP contribution in [0.4, 0.5) is 0 Å². The third-order valence-corrected chi connectivity index (χ3v) is 5.04. The number of ether oxygens (including phenoxy) is 1. The maximum atomic E-state index is 12.3. The number of carbonyl (C=O) groups excluding carboxylic acids is 1. The normalized spacial score (nSPS) is 19.0. The molecular formula is C18H24BNO4. The molecule has 1 fully saturated rings. The minimum atomic E-state index is -0.480. The molecule has 2 aromatic rings. The molecule has 1 aliphatic rings. The molecule has 0 radical (unpaired) electrons. The average molecular weight is 329 g/mol. The summed E-state index contributed by atoms with van der Waals surface area (Å²) in [5.74, 6) is -0.313. The van der Waals surface area contributed by atoms with E-state index in [4.69, 9.17) is 14.0 Å². The van der Waals surface area contributed by atoms with Crippen molar-refractivity contribution in [3.8, 4) is 0 Å². The summed E-state index contributed by atoms with van der Waals surface area (Å²) in [5, 5.41) is 0.832. The Hall–Kier alpha value is -1.79. The van der Waals surface area contributed by atoms with Crippen LogP contribution in [0, 0.1) is 6.92 Å². The highest BCUT2D eigenvalue weighted by molar-refractivity contribution is 6.65. The lowest BCUT2D eigenvalue weighted by molar-refractivity contribution is 0.00578. The van der Waals surface area contributed by atoms with Crippen molar-refractivity contribution < 1.29 is 18.8 Å². The molecule has 1 aromatic heterocycles. The molecule has 0 spiro atoms. The number of hydrogen-bond donors (Lipinski definition) is 1. The standard InChI is InChI=1S/C18H24BNO4/c1-7-22-16(21)14-11(2)20-15-12(14)9-8-10-13(15)19-23-17(3,4)18(5,6)24-19/h8-10,20H,7H2,1-6H3. The number of H-pyrrole nitrogens is 1. The molecular weight excluding hydrogens is 305 g/mol. The second-order valence-corrected chi connectivity index (χ2v) is 7.20. The molecule has 1 N–H and O–H groups in total. The zero-order valence-electron chi connectivity index (χ0n) is 15.1. The Kier molecular flexibility index (Phi) is 4.01. The molecule has 2 heterocycles. The Morgan fingerprint density at radius 2 is 1.83 bits per heavy atom. The zero-order chi connectivity index (χ0) is 17.7. The molecule has 24 heavy (non-hydrogen) atoms. The first-order chi connectivity index (χ1) is 11.2. The van der Waals surface area contributed by atoms with Gasteiger partial charge in [0.2, 0.25) is 0 Å². The van der Waals surface area contributed by atoms with Crippen LogP contribution in [0.15, 0.2) is 18.2 Å². The van der Waals surface area contributed by atoms with E-state index in [2.05, 4.69) is 4.98 Å². The van der Waals surface area contributed by atoms with Gasteiger partial charge in [0.15, 0.2) is 0 Å². The molecule has 1 saturated heterocycles. The fraction of sp³-hybridized carbons (Fsp3) is 0.500. The summed E-state index contributed by atoms with van der Waals surface area (Å²) in [6.07, 6.45) is 0. The Bertz CT molecular complexity index is 778. The highest BCUT2D eigenvalue weighted by Gasteiger charge is 2.52. The predicted octanol–water partition coefficient (Wildman–Crippen LogP) is 2.95. The van der Waals surface area contributed by atoms with Gasteiger partial charge in [-0.3, -0.25) is 0 Å². The summed E-state index contributed by atoms with van der Waals surface area (Å²) < 4.78 is 17.5. The van der Waals surface area contributed by atoms with Gasteiger partial charge in [-0.15, -0.1) is 0 Å². The van der Waals surface area contributed by atoms with Crippen LogP contribution >= 0.6 is 0 Å². The summed E-state index contributed by atoms with van der Waals surface area (Å²) in [5.41, 5.74) is 2.29. The van der Waals surface area contributed by atoms with Gasteiger partial charge in [-0.1, -0.05) is 18.2 Å². The number of para-hydroxylation sites is 1. The molecule has 0 bridgehead atoms. The Balaban J connectivity index is 2.09. The molecule has 6 heteroatoms. The first-order valence-corrected chi connectivity index (χ1v) is 8.32. The average Bonchev–Trinajstić information content (AvgIpc) is 2.91. The maximum Gasteiger partial charge on any atom is 0.497 e. The largest absolute Gasteiger partial charge is 0.497 e. The van der Waals surface area contributed by atoms with E-state index in [-0.39, 0.29) is 5.97 Å². The quantitative estimate of drug-likeness (QED) is 0.695. The summed E-state index contributed by atoms with van der Waals surface area (Å²) in [4.78, 5) is 15.6. The van der Waals surface area contributed by atoms with Gasteiger partial charge in [-0.05, 0) is 41.5 Å². The highest BCUT2D eigenvalue weighted by Crippen LogP contribution is 2.37. The van der Waals surface area contributed by atoms with Crippen molar-refractivity contribution in [1.82, 2.24) is 4.98 Å². The van der Waals surface area contributed by atoms with E-state index >= 15 is 0 Å². The summed E-state index contributed by atoms with van der Waals surface area (Å²) in [6.45, 7) is 12.1. The number of aromatic nitrogens is 1. The van der Waals surface area contributed by atoms with Crippen molar-refractivity contribution in [3.05, 3.63) is 29.5 Å². The van der Waals surface area contributed by atoms with Gasteiger partial charge in [-0.25, -0.2) is 4.79 Å². The number of aromatic amines is 1. The number of rotatable bonds is 3. The van der Waals surface area contributed by atoms with Gasteiger partial charge in [0.1, 0.15) is 0 Å². The van der Waals surface area contributed by atoms with Crippen molar-refractivity contribution in [1.29, 1.82) is 0 Å². The number of carbonyl (C=O) groups is 1. The van der Waals surface area contributed by atoms with Gasteiger partial charge in [0.25, 0.3) is 0 Å². The van der Waals surface area contributed by atoms with E-state index < -0.39 is 18.3 Å². The first-order valence-electron chi connectivity index (χ1n) is 8.32. The Morgan fingerprint density at radius 1 is 1.21 bits per heavy atom. The molecule has 0 atom stereocenters. The van der Waals surface area contributed by atoms with Crippen molar-refractivity contribution in [2.75, 3.05) is 6.61 Å². The monoisotopic (exact) mass is 329 g/mol. The number of benzene rings is 1. The van der Waals surface area contributed by atoms with Crippen molar-refractivity contribution in [2.24, 2.45) is 0 Å². The lowest BCUT2D eigenvalue weighted by atomic mass is 9.78. The van der Waals surface area contributed by atoms with Gasteiger partial charge < -0.3 is 19.0 Å². The van der Waals surface area contributed by atoms with E-state index in [1.165, 1.54) is 0 Å². The van der Waals surface area contributed by atoms with Gasteiger partial charge >= 0.3 is 13.1 Å². The van der Waals surface area contributed by atoms with Gasteiger partial charge in [-0.2, -0.15) is 0 Å². The van der Waals surface area contributed by atoms with E-state index in [9.17, 15) is 4.79 Å². The number of nitrogens with one attached hydrogen (secondary N) is 1. The minimum absolute atomic E-state index is 0.313. The molecule has 1 aliphatic heterocycles. The lowest BCUT2D eigenvalue weighted by Gasteiger charge is -2.32. The van der Waals surface area contributed by atoms with Crippen LogP contribution in [0.3, 0.4) is 0 Å². The Morgan fingerprint density at radius 3 is 2.42 bits per heavy atom. The molecule has 5 nitrogen and oxygen atoms in total. The van der Waals surface area contributed by atoms with Gasteiger partial charge in [0.05, 0.1) is 23.4 Å². The number of esters is 1. The third-order valence-electron chi connectivity index (χ3n) is 5.04. The highest BCUT2D eigenvalue weighted by atomic mass is 16.7. The topological polar surface area (TPSA) is 60.6 Å². The van der Waals surface area contributed by atoms with Crippen LogP contribution < -0.4 is 5.46 Å². The molecule has 0 saturated carbocycles. The molecule has 0 unspecified atom stereocenters. The van der Waals surface area contributed by atoms with Crippen LogP contribution in [0.5, 0.6) is 0 Å². The smallest absolute Gasteiger partial charge is 0.462 e. The lowest BCUT2D eigenvalue weighted by Crippen LogP contribution is -2.41. The summed E-state index contributed by atoms with van der Waals surface area (Å²) in [7, 11) is -0.480. The molecule has 0 aliphatic carbocycles. The number of aryl methyl sites for hydroxylation is 1. The molecule has 0 amide bonds. The number of fused-ring (bicyclic) bond motifs is 1. The van der Waals surface area contributed by atoms with E-state index in [0.717, 1.165) is 22.1 Å². The second kappa shape index (κ2) is 5.64. The van der Waals surface area contributed by atoms with E-state index in [1.54, 1.807) is 6.92 Å². The number of hydrogen-bond acceptors (Lipinski definition) is 4. The maximum absolute atomic E-state index is 12.3. The van der Waals surface area contributed by atoms with Crippen LogP contribution in [0.2, 0.25) is 0 Å². The van der Waals surface area contributed by atoms with Crippen molar-refractivity contribution >= 4 is 29.5 Å². The zero-order valence-corrected chi connectivity index (χ0v) is 15.1. The van der Waals surface area contributed by atoms with E-state index in [0.29, 0.717) is 12.2 Å². The van der Waals surface area contributed by atoms with Crippen LogP contribution in [0.25, 0.3) is 10.9 Å². The summed E-state index contributed by atoms with van der Waals surface area (Å²) in [6, 6.07) is 5.80. The third kappa shape index (κ3) is 2.54. The van der Waals surface area contributed by atoms with E-state index in [1.807, 2.05) is 52.8 Å². The molecule has 3 rings (SSSR count). The van der Waals surface area contributed by atoms with Crippen LogP contribution in [-0.2, 0) is 14.0 Å². The van der Waals surface area contributed by atoms with Crippen molar-refractivity contribution in [3.63, 3.8) is 0 Å². The summed E-state index contributed by atoms with van der Waals surface area (Å²) >= 11 is 0. The fourth-order valence-electron chi connectivity index (χ4n) is 3.00. The van der Waals surface area contributed by atoms with Gasteiger partial charge in [0, 0.05) is 22.1 Å².